The van der Waals surface area contributed by atoms with Crippen LogP contribution >= 0.6 is 0 Å². The number of nitrogens with zero attached hydrogens (tertiary/aromatic N) is 2. The van der Waals surface area contributed by atoms with Crippen LogP contribution in [0.3, 0.4) is 0 Å². The molecule has 1 N–H and O–H groups in total. The number of benzene rings is 2. The van der Waals surface area contributed by atoms with Crippen LogP contribution in [0.15, 0.2) is 47.4 Å². The zero-order valence-corrected chi connectivity index (χ0v) is 16.5. The van der Waals surface area contributed by atoms with Gasteiger partial charge in [0.1, 0.15) is 5.75 Å². The van der Waals surface area contributed by atoms with Crippen molar-refractivity contribution in [1.29, 1.82) is 0 Å². The van der Waals surface area contributed by atoms with Gasteiger partial charge in [-0.05, 0) is 44.8 Å². The number of likely N-dealkylation sites (N-methyl/N-ethyl adjacent to an activating group) is 1. The molecule has 8 nitrogen and oxygen atoms in total. The number of methoxy groups -OCH3 is 1. The highest BCUT2D eigenvalue weighted by Crippen LogP contribution is 2.26. The molecule has 0 saturated carbocycles. The lowest BCUT2D eigenvalue weighted by Crippen LogP contribution is -2.34. The van der Waals surface area contributed by atoms with Crippen molar-refractivity contribution in [3.63, 3.8) is 0 Å². The van der Waals surface area contributed by atoms with Crippen LogP contribution in [0.2, 0.25) is 0 Å². The Morgan fingerprint density at radius 3 is 2.48 bits per heavy atom. The van der Waals surface area contributed by atoms with Crippen molar-refractivity contribution in [3.8, 4) is 5.75 Å². The van der Waals surface area contributed by atoms with Gasteiger partial charge >= 0.3 is 0 Å². The average Bonchev–Trinajstić information content (AvgIpc) is 2.61. The normalized spacial score (nSPS) is 12.8. The molecule has 0 bridgehead atoms. The van der Waals surface area contributed by atoms with E-state index in [1.807, 2.05) is 43.3 Å². The third-order valence-corrected chi connectivity index (χ3v) is 5.88. The lowest BCUT2D eigenvalue weighted by molar-refractivity contribution is -0.385. The monoisotopic (exact) mass is 393 g/mol. The van der Waals surface area contributed by atoms with E-state index in [9.17, 15) is 18.5 Å². The highest BCUT2D eigenvalue weighted by molar-refractivity contribution is 7.89. The standard InChI is InChI=1S/C18H23N3O5S/c1-13-16(21(22)23)9-6-10-18(13)27(24,25)19-12-17(20(2)3)14-7-5-8-15(11-14)26-4/h5-11,17,19H,12H2,1-4H3/t17-/m0/s1. The second-order valence-electron chi connectivity index (χ2n) is 6.27. The number of rotatable bonds is 8. The molecule has 0 saturated heterocycles. The Labute approximate surface area is 159 Å². The molecule has 2 rings (SSSR count). The maximum atomic E-state index is 12.7. The van der Waals surface area contributed by atoms with Crippen molar-refractivity contribution in [2.45, 2.75) is 17.9 Å². The van der Waals surface area contributed by atoms with Crippen LogP contribution in [0.4, 0.5) is 5.69 Å². The minimum absolute atomic E-state index is 0.0974. The molecule has 0 aliphatic rings. The Hall–Kier alpha value is -2.49. The van der Waals surface area contributed by atoms with E-state index < -0.39 is 14.9 Å². The Morgan fingerprint density at radius 2 is 1.89 bits per heavy atom. The van der Waals surface area contributed by atoms with Crippen LogP contribution in [-0.4, -0.2) is 46.0 Å². The van der Waals surface area contributed by atoms with Gasteiger partial charge in [-0.2, -0.15) is 0 Å². The first-order valence-electron chi connectivity index (χ1n) is 8.21. The molecule has 2 aromatic carbocycles. The van der Waals surface area contributed by atoms with Gasteiger partial charge in [0, 0.05) is 24.2 Å². The van der Waals surface area contributed by atoms with Crippen LogP contribution in [0.25, 0.3) is 0 Å². The number of nitrogens with one attached hydrogen (secondary N) is 1. The number of hydrogen-bond donors (Lipinski definition) is 1. The number of hydrogen-bond acceptors (Lipinski definition) is 6. The zero-order valence-electron chi connectivity index (χ0n) is 15.7. The fraction of sp³-hybridized carbons (Fsp3) is 0.333. The van der Waals surface area contributed by atoms with Crippen molar-refractivity contribution in [2.24, 2.45) is 0 Å². The topological polar surface area (TPSA) is 102 Å². The highest BCUT2D eigenvalue weighted by atomic mass is 32.2. The molecule has 1 atom stereocenters. The largest absolute Gasteiger partial charge is 0.497 e. The first-order valence-corrected chi connectivity index (χ1v) is 9.69. The van der Waals surface area contributed by atoms with Crippen LogP contribution in [0.5, 0.6) is 5.75 Å². The van der Waals surface area contributed by atoms with E-state index in [2.05, 4.69) is 4.72 Å². The average molecular weight is 393 g/mol. The summed E-state index contributed by atoms with van der Waals surface area (Å²) in [7, 11) is 1.34. The first-order chi connectivity index (χ1) is 12.7. The SMILES string of the molecule is COc1cccc([C@H](CNS(=O)(=O)c2cccc([N+](=O)[O-])c2C)N(C)C)c1. The second-order valence-corrected chi connectivity index (χ2v) is 8.00. The fourth-order valence-corrected chi connectivity index (χ4v) is 4.10. The van der Waals surface area contributed by atoms with Gasteiger partial charge in [0.05, 0.1) is 16.9 Å². The van der Waals surface area contributed by atoms with E-state index in [-0.39, 0.29) is 28.7 Å². The lowest BCUT2D eigenvalue weighted by Gasteiger charge is -2.25. The summed E-state index contributed by atoms with van der Waals surface area (Å²) in [5, 5.41) is 11.1. The molecule has 0 radical (unpaired) electrons. The Morgan fingerprint density at radius 1 is 1.22 bits per heavy atom. The summed E-state index contributed by atoms with van der Waals surface area (Å²) in [6, 6.07) is 11.2. The van der Waals surface area contributed by atoms with E-state index >= 15 is 0 Å². The fourth-order valence-electron chi connectivity index (χ4n) is 2.81. The summed E-state index contributed by atoms with van der Waals surface area (Å²) in [6.07, 6.45) is 0. The van der Waals surface area contributed by atoms with Crippen molar-refractivity contribution in [3.05, 3.63) is 63.7 Å². The van der Waals surface area contributed by atoms with E-state index in [1.54, 1.807) is 7.11 Å². The van der Waals surface area contributed by atoms with Gasteiger partial charge in [-0.3, -0.25) is 10.1 Å². The summed E-state index contributed by atoms with van der Waals surface area (Å²) < 4.78 is 33.3. The number of sulfonamides is 1. The van der Waals surface area contributed by atoms with Gasteiger partial charge in [-0.25, -0.2) is 13.1 Å². The summed E-state index contributed by atoms with van der Waals surface area (Å²) in [5.74, 6) is 0.678. The molecule has 146 valence electrons. The first kappa shape index (κ1) is 20.8. The van der Waals surface area contributed by atoms with Crippen LogP contribution in [0.1, 0.15) is 17.2 Å². The molecule has 9 heteroatoms. The maximum Gasteiger partial charge on any atom is 0.273 e. The summed E-state index contributed by atoms with van der Waals surface area (Å²) in [5.41, 5.74) is 0.769. The molecule has 27 heavy (non-hydrogen) atoms. The third-order valence-electron chi connectivity index (χ3n) is 4.31. The van der Waals surface area contributed by atoms with E-state index in [0.717, 1.165) is 5.56 Å². The van der Waals surface area contributed by atoms with Crippen molar-refractivity contribution < 1.29 is 18.1 Å². The maximum absolute atomic E-state index is 12.7. The van der Waals surface area contributed by atoms with Crippen LogP contribution in [0, 0.1) is 17.0 Å². The third kappa shape index (κ3) is 4.82. The van der Waals surface area contributed by atoms with Gasteiger partial charge in [0.15, 0.2) is 0 Å². The Bertz CT molecular complexity index is 928. The predicted molar refractivity (Wildman–Crippen MR) is 102 cm³/mol. The molecule has 0 unspecified atom stereocenters. The highest BCUT2D eigenvalue weighted by Gasteiger charge is 2.24. The van der Waals surface area contributed by atoms with Crippen molar-refractivity contribution in [2.75, 3.05) is 27.7 Å². The molecule has 2 aromatic rings. The predicted octanol–water partition coefficient (Wildman–Crippen LogP) is 2.49. The second kappa shape index (κ2) is 8.47. The molecule has 0 aromatic heterocycles. The number of nitro benzene ring substituents is 1. The lowest BCUT2D eigenvalue weighted by atomic mass is 10.1. The van der Waals surface area contributed by atoms with Crippen LogP contribution in [-0.2, 0) is 10.0 Å². The van der Waals surface area contributed by atoms with Crippen molar-refractivity contribution in [1.82, 2.24) is 9.62 Å². The Kier molecular flexibility index (Phi) is 6.53. The number of nitro groups is 1. The van der Waals surface area contributed by atoms with E-state index in [1.165, 1.54) is 25.1 Å². The molecule has 0 fully saturated rings. The molecule has 0 aliphatic heterocycles. The summed E-state index contributed by atoms with van der Waals surface area (Å²) >= 11 is 0. The minimum atomic E-state index is -3.91. The zero-order chi connectivity index (χ0) is 20.2. The molecule has 0 heterocycles. The van der Waals surface area contributed by atoms with E-state index in [0.29, 0.717) is 5.75 Å². The van der Waals surface area contributed by atoms with Gasteiger partial charge in [-0.1, -0.05) is 18.2 Å². The minimum Gasteiger partial charge on any atom is -0.497 e. The number of ether oxygens (including phenoxy) is 1. The van der Waals surface area contributed by atoms with Gasteiger partial charge in [0.25, 0.3) is 5.69 Å². The molecule has 0 amide bonds. The van der Waals surface area contributed by atoms with Gasteiger partial charge in [-0.15, -0.1) is 0 Å². The van der Waals surface area contributed by atoms with Crippen molar-refractivity contribution >= 4 is 15.7 Å². The molecule has 0 aliphatic carbocycles. The Balaban J connectivity index is 2.29. The molecular formula is C18H23N3O5S. The smallest absolute Gasteiger partial charge is 0.273 e. The quantitative estimate of drug-likeness (QED) is 0.546. The molecule has 0 spiro atoms. The summed E-state index contributed by atoms with van der Waals surface area (Å²) in [6.45, 7) is 1.53. The van der Waals surface area contributed by atoms with Gasteiger partial charge in [0.2, 0.25) is 10.0 Å². The van der Waals surface area contributed by atoms with Gasteiger partial charge < -0.3 is 9.64 Å². The summed E-state index contributed by atoms with van der Waals surface area (Å²) in [4.78, 5) is 12.3. The molecular weight excluding hydrogens is 370 g/mol. The van der Waals surface area contributed by atoms with E-state index in [4.69, 9.17) is 4.74 Å². The van der Waals surface area contributed by atoms with Crippen LogP contribution < -0.4 is 9.46 Å².